The third kappa shape index (κ3) is 3.41. The van der Waals surface area contributed by atoms with Crippen LogP contribution < -0.4 is 4.90 Å². The SMILES string of the molecule is c1ccc(-c2ccc(N(c3ccc4ccccc4c3)c3nccc4c3oc3ccccc34)cc2)cc1. The summed E-state index contributed by atoms with van der Waals surface area (Å²) in [6.45, 7) is 0. The molecule has 0 saturated heterocycles. The van der Waals surface area contributed by atoms with Crippen molar-refractivity contribution in [3.8, 4) is 11.1 Å². The van der Waals surface area contributed by atoms with Gasteiger partial charge in [-0.2, -0.15) is 0 Å². The summed E-state index contributed by atoms with van der Waals surface area (Å²) in [5.41, 5.74) is 6.05. The molecule has 170 valence electrons. The molecule has 0 spiro atoms. The van der Waals surface area contributed by atoms with Crippen LogP contribution in [0.15, 0.2) is 138 Å². The van der Waals surface area contributed by atoms with Crippen LogP contribution >= 0.6 is 0 Å². The lowest BCUT2D eigenvalue weighted by Gasteiger charge is -2.25. The monoisotopic (exact) mass is 462 g/mol. The van der Waals surface area contributed by atoms with E-state index in [2.05, 4.69) is 102 Å². The summed E-state index contributed by atoms with van der Waals surface area (Å²) in [4.78, 5) is 7.03. The van der Waals surface area contributed by atoms with Crippen molar-refractivity contribution in [1.82, 2.24) is 4.98 Å². The molecule has 5 aromatic carbocycles. The van der Waals surface area contributed by atoms with Crippen molar-refractivity contribution in [3.05, 3.63) is 134 Å². The van der Waals surface area contributed by atoms with Gasteiger partial charge in [0.05, 0.1) is 0 Å². The van der Waals surface area contributed by atoms with E-state index in [1.165, 1.54) is 21.9 Å². The van der Waals surface area contributed by atoms with Gasteiger partial charge in [0.2, 0.25) is 0 Å². The quantitative estimate of drug-likeness (QED) is 0.261. The van der Waals surface area contributed by atoms with E-state index in [1.54, 1.807) is 0 Å². The highest BCUT2D eigenvalue weighted by molar-refractivity contribution is 6.09. The Morgan fingerprint density at radius 1 is 0.528 bits per heavy atom. The Labute approximate surface area is 208 Å². The molecule has 0 atom stereocenters. The lowest BCUT2D eigenvalue weighted by Crippen LogP contribution is -2.11. The third-order valence-corrected chi connectivity index (χ3v) is 6.71. The number of hydrogen-bond donors (Lipinski definition) is 0. The molecule has 2 heterocycles. The van der Waals surface area contributed by atoms with E-state index in [9.17, 15) is 0 Å². The van der Waals surface area contributed by atoms with Crippen LogP contribution in [0.3, 0.4) is 0 Å². The van der Waals surface area contributed by atoms with E-state index in [4.69, 9.17) is 9.40 Å². The molecule has 0 aliphatic rings. The maximum Gasteiger partial charge on any atom is 0.181 e. The van der Waals surface area contributed by atoms with Gasteiger partial charge in [-0.15, -0.1) is 0 Å². The van der Waals surface area contributed by atoms with Crippen molar-refractivity contribution in [2.45, 2.75) is 0 Å². The first kappa shape index (κ1) is 20.5. The van der Waals surface area contributed by atoms with Gasteiger partial charge in [0, 0.05) is 28.3 Å². The minimum Gasteiger partial charge on any atom is -0.452 e. The first-order chi connectivity index (χ1) is 17.8. The number of nitrogens with zero attached hydrogens (tertiary/aromatic N) is 2. The molecule has 2 aromatic heterocycles. The molecule has 7 aromatic rings. The molecule has 0 aliphatic carbocycles. The first-order valence-electron chi connectivity index (χ1n) is 12.1. The van der Waals surface area contributed by atoms with Gasteiger partial charge in [-0.05, 0) is 58.3 Å². The van der Waals surface area contributed by atoms with Gasteiger partial charge < -0.3 is 4.42 Å². The standard InChI is InChI=1S/C33H22N2O/c1-2-8-23(9-3-1)25-14-17-27(18-15-25)35(28-19-16-24-10-4-5-11-26(24)22-28)33-32-30(20-21-34-33)29-12-6-7-13-31(29)36-32/h1-22H. The van der Waals surface area contributed by atoms with Crippen LogP contribution in [0.2, 0.25) is 0 Å². The highest BCUT2D eigenvalue weighted by atomic mass is 16.3. The van der Waals surface area contributed by atoms with Crippen LogP contribution in [0, 0.1) is 0 Å². The molecule has 0 aliphatic heterocycles. The lowest BCUT2D eigenvalue weighted by atomic mass is 10.0. The summed E-state index contributed by atoms with van der Waals surface area (Å²) < 4.78 is 6.38. The average molecular weight is 463 g/mol. The second kappa shape index (κ2) is 8.40. The molecule has 36 heavy (non-hydrogen) atoms. The van der Waals surface area contributed by atoms with Crippen molar-refractivity contribution in [1.29, 1.82) is 0 Å². The maximum absolute atomic E-state index is 6.38. The maximum atomic E-state index is 6.38. The smallest absolute Gasteiger partial charge is 0.181 e. The lowest BCUT2D eigenvalue weighted by molar-refractivity contribution is 0.667. The fraction of sp³-hybridized carbons (Fsp3) is 0. The number of aromatic nitrogens is 1. The van der Waals surface area contributed by atoms with Gasteiger partial charge in [-0.3, -0.25) is 4.90 Å². The van der Waals surface area contributed by atoms with Crippen LogP contribution in [-0.2, 0) is 0 Å². The number of pyridine rings is 1. The van der Waals surface area contributed by atoms with Crippen molar-refractivity contribution < 1.29 is 4.42 Å². The summed E-state index contributed by atoms with van der Waals surface area (Å²) in [5.74, 6) is 0.770. The molecule has 7 rings (SSSR count). The molecule has 0 radical (unpaired) electrons. The number of para-hydroxylation sites is 1. The zero-order valence-corrected chi connectivity index (χ0v) is 19.5. The first-order valence-corrected chi connectivity index (χ1v) is 12.1. The Bertz CT molecular complexity index is 1840. The predicted octanol–water partition coefficient (Wildman–Crippen LogP) is 9.27. The Balaban J connectivity index is 1.45. The van der Waals surface area contributed by atoms with E-state index in [1.807, 2.05) is 36.5 Å². The Hall–Kier alpha value is -4.89. The summed E-state index contributed by atoms with van der Waals surface area (Å²) >= 11 is 0. The minimum atomic E-state index is 0.770. The molecular weight excluding hydrogens is 440 g/mol. The molecule has 0 N–H and O–H groups in total. The van der Waals surface area contributed by atoms with Crippen molar-refractivity contribution >= 4 is 49.9 Å². The highest BCUT2D eigenvalue weighted by Crippen LogP contribution is 2.41. The van der Waals surface area contributed by atoms with Gasteiger partial charge in [0.15, 0.2) is 11.4 Å². The summed E-state index contributed by atoms with van der Waals surface area (Å²) in [5, 5.41) is 4.53. The fourth-order valence-corrected chi connectivity index (χ4v) is 4.94. The van der Waals surface area contributed by atoms with Gasteiger partial charge in [0.25, 0.3) is 0 Å². The van der Waals surface area contributed by atoms with Crippen molar-refractivity contribution in [2.75, 3.05) is 4.90 Å². The Morgan fingerprint density at radius 2 is 1.22 bits per heavy atom. The zero-order chi connectivity index (χ0) is 23.9. The molecule has 3 heteroatoms. The largest absolute Gasteiger partial charge is 0.452 e. The molecular formula is C33H22N2O. The highest BCUT2D eigenvalue weighted by Gasteiger charge is 2.20. The van der Waals surface area contributed by atoms with Gasteiger partial charge in [0.1, 0.15) is 5.58 Å². The predicted molar refractivity (Wildman–Crippen MR) is 149 cm³/mol. The van der Waals surface area contributed by atoms with E-state index in [-0.39, 0.29) is 0 Å². The number of hydrogen-bond acceptors (Lipinski definition) is 3. The molecule has 3 nitrogen and oxygen atoms in total. The molecule has 0 saturated carbocycles. The molecule has 0 bridgehead atoms. The van der Waals surface area contributed by atoms with Crippen LogP contribution in [0.4, 0.5) is 17.2 Å². The number of rotatable bonds is 4. The van der Waals surface area contributed by atoms with Crippen LogP contribution in [-0.4, -0.2) is 4.98 Å². The summed E-state index contributed by atoms with van der Waals surface area (Å²) in [6.07, 6.45) is 1.87. The normalized spacial score (nSPS) is 11.3. The number of benzene rings is 5. The zero-order valence-electron chi connectivity index (χ0n) is 19.5. The third-order valence-electron chi connectivity index (χ3n) is 6.71. The van der Waals surface area contributed by atoms with E-state index in [0.717, 1.165) is 39.1 Å². The van der Waals surface area contributed by atoms with Gasteiger partial charge in [-0.25, -0.2) is 4.98 Å². The Kier molecular flexibility index (Phi) is 4.78. The topological polar surface area (TPSA) is 29.3 Å². The van der Waals surface area contributed by atoms with Crippen LogP contribution in [0.1, 0.15) is 0 Å². The summed E-state index contributed by atoms with van der Waals surface area (Å²) in [6, 6.07) is 44.2. The number of furan rings is 1. The number of anilines is 3. The van der Waals surface area contributed by atoms with Gasteiger partial charge in [-0.1, -0.05) is 91.0 Å². The number of fused-ring (bicyclic) bond motifs is 4. The van der Waals surface area contributed by atoms with Crippen molar-refractivity contribution in [2.24, 2.45) is 0 Å². The average Bonchev–Trinajstić information content (AvgIpc) is 3.34. The molecule has 0 amide bonds. The minimum absolute atomic E-state index is 0.770. The van der Waals surface area contributed by atoms with E-state index < -0.39 is 0 Å². The second-order valence-corrected chi connectivity index (χ2v) is 8.89. The van der Waals surface area contributed by atoms with Crippen LogP contribution in [0.25, 0.3) is 43.8 Å². The summed E-state index contributed by atoms with van der Waals surface area (Å²) in [7, 11) is 0. The fourth-order valence-electron chi connectivity index (χ4n) is 4.94. The molecule has 0 fully saturated rings. The second-order valence-electron chi connectivity index (χ2n) is 8.89. The Morgan fingerprint density at radius 3 is 2.08 bits per heavy atom. The molecule has 0 unspecified atom stereocenters. The van der Waals surface area contributed by atoms with Gasteiger partial charge >= 0.3 is 0 Å². The van der Waals surface area contributed by atoms with Crippen LogP contribution in [0.5, 0.6) is 0 Å². The van der Waals surface area contributed by atoms with E-state index in [0.29, 0.717) is 0 Å². The van der Waals surface area contributed by atoms with Crippen molar-refractivity contribution in [3.63, 3.8) is 0 Å². The van der Waals surface area contributed by atoms with E-state index >= 15 is 0 Å².